The zero-order chi connectivity index (χ0) is 17.9. The van der Waals surface area contributed by atoms with E-state index in [1.807, 2.05) is 45.0 Å². The van der Waals surface area contributed by atoms with E-state index in [1.54, 1.807) is 13.1 Å². The standard InChI is InChI=1S/C18H23N3O3/c1-11(2)14-9-16(21(4)20-14)18(24)19-15(10-17(22)23)13-8-6-5-7-12(13)3/h5-9,11,15H,10H2,1-4H3,(H,19,24)(H,22,23)/t15-/m1/s1. The van der Waals surface area contributed by atoms with Gasteiger partial charge in [0.05, 0.1) is 18.2 Å². The van der Waals surface area contributed by atoms with E-state index in [0.29, 0.717) is 5.69 Å². The second kappa shape index (κ2) is 7.29. The Labute approximate surface area is 141 Å². The maximum atomic E-state index is 12.6. The van der Waals surface area contributed by atoms with Crippen LogP contribution in [0.15, 0.2) is 30.3 Å². The van der Waals surface area contributed by atoms with Gasteiger partial charge >= 0.3 is 5.97 Å². The fourth-order valence-electron chi connectivity index (χ4n) is 2.61. The van der Waals surface area contributed by atoms with Crippen LogP contribution >= 0.6 is 0 Å². The lowest BCUT2D eigenvalue weighted by Crippen LogP contribution is -2.32. The summed E-state index contributed by atoms with van der Waals surface area (Å²) < 4.78 is 1.53. The fourth-order valence-corrected chi connectivity index (χ4v) is 2.61. The number of amides is 1. The highest BCUT2D eigenvalue weighted by molar-refractivity contribution is 5.93. The molecule has 6 nitrogen and oxygen atoms in total. The van der Waals surface area contributed by atoms with Crippen LogP contribution in [0.2, 0.25) is 0 Å². The van der Waals surface area contributed by atoms with Crippen molar-refractivity contribution in [3.8, 4) is 0 Å². The Morgan fingerprint density at radius 3 is 2.50 bits per heavy atom. The van der Waals surface area contributed by atoms with Crippen LogP contribution < -0.4 is 5.32 Å². The number of hydrogen-bond acceptors (Lipinski definition) is 3. The van der Waals surface area contributed by atoms with Gasteiger partial charge in [0.2, 0.25) is 0 Å². The van der Waals surface area contributed by atoms with Gasteiger partial charge in [-0.2, -0.15) is 5.10 Å². The monoisotopic (exact) mass is 329 g/mol. The maximum Gasteiger partial charge on any atom is 0.305 e. The molecule has 2 rings (SSSR count). The van der Waals surface area contributed by atoms with Crippen LogP contribution in [0, 0.1) is 6.92 Å². The number of carboxylic acid groups (broad SMARTS) is 1. The van der Waals surface area contributed by atoms with Crippen molar-refractivity contribution in [2.45, 2.75) is 39.2 Å². The van der Waals surface area contributed by atoms with Crippen LogP contribution in [0.1, 0.15) is 59.5 Å². The number of carboxylic acids is 1. The Morgan fingerprint density at radius 1 is 1.29 bits per heavy atom. The van der Waals surface area contributed by atoms with Gasteiger partial charge in [-0.25, -0.2) is 0 Å². The van der Waals surface area contributed by atoms with Gasteiger partial charge in [-0.15, -0.1) is 0 Å². The average Bonchev–Trinajstić information content (AvgIpc) is 2.89. The summed E-state index contributed by atoms with van der Waals surface area (Å²) >= 11 is 0. The van der Waals surface area contributed by atoms with Crippen molar-refractivity contribution in [1.82, 2.24) is 15.1 Å². The number of benzene rings is 1. The van der Waals surface area contributed by atoms with Crippen LogP contribution in [-0.2, 0) is 11.8 Å². The lowest BCUT2D eigenvalue weighted by atomic mass is 9.98. The number of aryl methyl sites for hydroxylation is 2. The lowest BCUT2D eigenvalue weighted by molar-refractivity contribution is -0.137. The van der Waals surface area contributed by atoms with E-state index in [1.165, 1.54) is 4.68 Å². The molecule has 0 fully saturated rings. The summed E-state index contributed by atoms with van der Waals surface area (Å²) in [5.41, 5.74) is 2.99. The summed E-state index contributed by atoms with van der Waals surface area (Å²) in [5.74, 6) is -1.08. The Bertz CT molecular complexity index is 750. The molecule has 1 atom stereocenters. The first-order valence-electron chi connectivity index (χ1n) is 7.91. The third-order valence-electron chi connectivity index (χ3n) is 3.97. The van der Waals surface area contributed by atoms with Gasteiger partial charge in [-0.1, -0.05) is 38.1 Å². The minimum atomic E-state index is -0.962. The van der Waals surface area contributed by atoms with E-state index in [0.717, 1.165) is 16.8 Å². The van der Waals surface area contributed by atoms with Crippen molar-refractivity contribution in [2.24, 2.45) is 7.05 Å². The topological polar surface area (TPSA) is 84.2 Å². The number of aliphatic carboxylic acids is 1. The molecule has 0 unspecified atom stereocenters. The molecule has 2 aromatic rings. The average molecular weight is 329 g/mol. The molecule has 6 heteroatoms. The molecule has 0 aliphatic heterocycles. The fraction of sp³-hybridized carbons (Fsp3) is 0.389. The first-order valence-corrected chi connectivity index (χ1v) is 7.91. The minimum absolute atomic E-state index is 0.175. The van der Waals surface area contributed by atoms with Crippen LogP contribution in [0.25, 0.3) is 0 Å². The molecular weight excluding hydrogens is 306 g/mol. The van der Waals surface area contributed by atoms with Crippen LogP contribution in [0.3, 0.4) is 0 Å². The molecule has 0 spiro atoms. The number of carbonyl (C=O) groups excluding carboxylic acids is 1. The molecule has 0 aliphatic carbocycles. The molecule has 0 radical (unpaired) electrons. The van der Waals surface area contributed by atoms with E-state index >= 15 is 0 Å². The molecule has 1 aromatic carbocycles. The van der Waals surface area contributed by atoms with E-state index < -0.39 is 12.0 Å². The normalized spacial score (nSPS) is 12.2. The second-order valence-electron chi connectivity index (χ2n) is 6.21. The summed E-state index contributed by atoms with van der Waals surface area (Å²) in [7, 11) is 1.71. The first-order chi connectivity index (χ1) is 11.3. The van der Waals surface area contributed by atoms with Gasteiger partial charge in [0.15, 0.2) is 0 Å². The van der Waals surface area contributed by atoms with Gasteiger partial charge in [-0.3, -0.25) is 14.3 Å². The van der Waals surface area contributed by atoms with Gasteiger partial charge in [0.1, 0.15) is 5.69 Å². The van der Waals surface area contributed by atoms with E-state index in [-0.39, 0.29) is 18.2 Å². The molecule has 1 heterocycles. The molecule has 0 bridgehead atoms. The third-order valence-corrected chi connectivity index (χ3v) is 3.97. The van der Waals surface area contributed by atoms with Crippen molar-refractivity contribution in [3.63, 3.8) is 0 Å². The Balaban J connectivity index is 2.28. The van der Waals surface area contributed by atoms with E-state index in [4.69, 9.17) is 0 Å². The largest absolute Gasteiger partial charge is 0.481 e. The molecule has 0 aliphatic rings. The van der Waals surface area contributed by atoms with Gasteiger partial charge in [0, 0.05) is 7.05 Å². The Kier molecular flexibility index (Phi) is 5.39. The number of rotatable bonds is 6. The van der Waals surface area contributed by atoms with Gasteiger partial charge in [-0.05, 0) is 30.0 Å². The summed E-state index contributed by atoms with van der Waals surface area (Å²) in [6.07, 6.45) is -0.175. The second-order valence-corrected chi connectivity index (χ2v) is 6.21. The molecule has 2 N–H and O–H groups in total. The van der Waals surface area contributed by atoms with Crippen LogP contribution in [0.5, 0.6) is 0 Å². The van der Waals surface area contributed by atoms with Gasteiger partial charge < -0.3 is 10.4 Å². The van der Waals surface area contributed by atoms with E-state index in [2.05, 4.69) is 10.4 Å². The molecule has 0 saturated heterocycles. The van der Waals surface area contributed by atoms with Crippen molar-refractivity contribution in [2.75, 3.05) is 0 Å². The van der Waals surface area contributed by atoms with Crippen molar-refractivity contribution < 1.29 is 14.7 Å². The highest BCUT2D eigenvalue weighted by atomic mass is 16.4. The maximum absolute atomic E-state index is 12.6. The zero-order valence-electron chi connectivity index (χ0n) is 14.4. The first kappa shape index (κ1) is 17.7. The predicted molar refractivity (Wildman–Crippen MR) is 90.9 cm³/mol. The zero-order valence-corrected chi connectivity index (χ0v) is 14.4. The molecular formula is C18H23N3O3. The van der Waals surface area contributed by atoms with E-state index in [9.17, 15) is 14.7 Å². The lowest BCUT2D eigenvalue weighted by Gasteiger charge is -2.19. The Hall–Kier alpha value is -2.63. The molecule has 0 saturated carbocycles. The minimum Gasteiger partial charge on any atom is -0.481 e. The Morgan fingerprint density at radius 2 is 1.96 bits per heavy atom. The predicted octanol–water partition coefficient (Wildman–Crippen LogP) is 2.80. The number of carbonyl (C=O) groups is 2. The smallest absolute Gasteiger partial charge is 0.305 e. The quantitative estimate of drug-likeness (QED) is 0.853. The number of aromatic nitrogens is 2. The summed E-state index contributed by atoms with van der Waals surface area (Å²) in [4.78, 5) is 23.8. The third kappa shape index (κ3) is 4.01. The van der Waals surface area contributed by atoms with Crippen molar-refractivity contribution >= 4 is 11.9 Å². The van der Waals surface area contributed by atoms with Crippen molar-refractivity contribution in [1.29, 1.82) is 0 Å². The SMILES string of the molecule is Cc1ccccc1[C@@H](CC(=O)O)NC(=O)c1cc(C(C)C)nn1C. The highest BCUT2D eigenvalue weighted by Crippen LogP contribution is 2.22. The number of nitrogens with zero attached hydrogens (tertiary/aromatic N) is 2. The van der Waals surface area contributed by atoms with Gasteiger partial charge in [0.25, 0.3) is 5.91 Å². The highest BCUT2D eigenvalue weighted by Gasteiger charge is 2.22. The number of hydrogen-bond donors (Lipinski definition) is 2. The van der Waals surface area contributed by atoms with Crippen LogP contribution in [-0.4, -0.2) is 26.8 Å². The molecule has 1 amide bonds. The summed E-state index contributed by atoms with van der Waals surface area (Å²) in [6.45, 7) is 5.91. The summed E-state index contributed by atoms with van der Waals surface area (Å²) in [5, 5.41) is 16.3. The summed E-state index contributed by atoms with van der Waals surface area (Å²) in [6, 6.07) is 8.62. The molecule has 1 aromatic heterocycles. The molecule has 128 valence electrons. The van der Waals surface area contributed by atoms with Crippen molar-refractivity contribution in [3.05, 3.63) is 52.8 Å². The molecule has 24 heavy (non-hydrogen) atoms. The number of nitrogens with one attached hydrogen (secondary N) is 1. The van der Waals surface area contributed by atoms with Crippen LogP contribution in [0.4, 0.5) is 0 Å².